The lowest BCUT2D eigenvalue weighted by molar-refractivity contribution is -0.384. The minimum atomic E-state index is -0.666. The molecular formula is C12H15N3O3. The van der Waals surface area contributed by atoms with Crippen molar-refractivity contribution in [2.45, 2.75) is 13.3 Å². The fraction of sp³-hybridized carbons (Fsp3) is 0.417. The first-order chi connectivity index (χ1) is 8.49. The number of anilines is 1. The van der Waals surface area contributed by atoms with E-state index in [2.05, 4.69) is 12.2 Å². The highest BCUT2D eigenvalue weighted by molar-refractivity contribution is 5.94. The Labute approximate surface area is 104 Å². The third kappa shape index (κ3) is 2.58. The van der Waals surface area contributed by atoms with E-state index in [1.807, 2.05) is 0 Å². The van der Waals surface area contributed by atoms with Crippen molar-refractivity contribution in [3.63, 3.8) is 0 Å². The number of nitrogens with one attached hydrogen (secondary N) is 1. The molecule has 96 valence electrons. The number of nitrogens with two attached hydrogens (primary N) is 1. The summed E-state index contributed by atoms with van der Waals surface area (Å²) in [4.78, 5) is 21.4. The molecule has 18 heavy (non-hydrogen) atoms. The molecule has 0 heterocycles. The van der Waals surface area contributed by atoms with E-state index in [9.17, 15) is 14.9 Å². The Hall–Kier alpha value is -2.11. The summed E-state index contributed by atoms with van der Waals surface area (Å²) >= 11 is 0. The zero-order valence-electron chi connectivity index (χ0n) is 10.1. The van der Waals surface area contributed by atoms with Gasteiger partial charge < -0.3 is 11.1 Å². The van der Waals surface area contributed by atoms with Gasteiger partial charge in [0.1, 0.15) is 5.69 Å². The maximum atomic E-state index is 11.0. The molecule has 1 amide bonds. The normalized spacial score (nSPS) is 21.4. The number of carbonyl (C=O) groups excluding carboxylic acids is 1. The van der Waals surface area contributed by atoms with Gasteiger partial charge in [-0.25, -0.2) is 0 Å². The van der Waals surface area contributed by atoms with E-state index in [-0.39, 0.29) is 11.3 Å². The SMILES string of the molecule is CC1CC1CNc1ccc(C(N)=O)cc1[N+](=O)[O-]. The molecule has 3 N–H and O–H groups in total. The Morgan fingerprint density at radius 3 is 2.78 bits per heavy atom. The summed E-state index contributed by atoms with van der Waals surface area (Å²) in [6.45, 7) is 2.87. The molecule has 1 saturated carbocycles. The lowest BCUT2D eigenvalue weighted by atomic mass is 10.1. The maximum absolute atomic E-state index is 11.0. The quantitative estimate of drug-likeness (QED) is 0.613. The van der Waals surface area contributed by atoms with Gasteiger partial charge in [-0.15, -0.1) is 0 Å². The van der Waals surface area contributed by atoms with Gasteiger partial charge in [0, 0.05) is 18.2 Å². The minimum absolute atomic E-state index is 0.111. The van der Waals surface area contributed by atoms with Gasteiger partial charge in [0.25, 0.3) is 5.69 Å². The molecule has 1 aliphatic rings. The van der Waals surface area contributed by atoms with Crippen LogP contribution in [0.1, 0.15) is 23.7 Å². The molecule has 6 heteroatoms. The highest BCUT2D eigenvalue weighted by Crippen LogP contribution is 2.38. The molecule has 2 rings (SSSR count). The summed E-state index contributed by atoms with van der Waals surface area (Å²) in [7, 11) is 0. The first kappa shape index (κ1) is 12.3. The number of nitro benzene ring substituents is 1. The Morgan fingerprint density at radius 2 is 2.28 bits per heavy atom. The predicted octanol–water partition coefficient (Wildman–Crippen LogP) is 1.76. The van der Waals surface area contributed by atoms with Crippen molar-refractivity contribution in [3.05, 3.63) is 33.9 Å². The Morgan fingerprint density at radius 1 is 1.61 bits per heavy atom. The van der Waals surface area contributed by atoms with Crippen LogP contribution in [-0.2, 0) is 0 Å². The third-order valence-corrected chi connectivity index (χ3v) is 3.31. The van der Waals surface area contributed by atoms with Crippen LogP contribution in [0.15, 0.2) is 18.2 Å². The van der Waals surface area contributed by atoms with Crippen LogP contribution in [-0.4, -0.2) is 17.4 Å². The second-order valence-electron chi connectivity index (χ2n) is 4.71. The minimum Gasteiger partial charge on any atom is -0.379 e. The molecule has 0 spiro atoms. The second kappa shape index (κ2) is 4.64. The number of hydrogen-bond donors (Lipinski definition) is 2. The summed E-state index contributed by atoms with van der Waals surface area (Å²) < 4.78 is 0. The zero-order chi connectivity index (χ0) is 13.3. The Kier molecular flexibility index (Phi) is 3.18. The molecule has 1 aromatic rings. The van der Waals surface area contributed by atoms with Gasteiger partial charge in [-0.05, 0) is 30.4 Å². The Balaban J connectivity index is 2.17. The summed E-state index contributed by atoms with van der Waals surface area (Å²) in [6.07, 6.45) is 1.15. The summed E-state index contributed by atoms with van der Waals surface area (Å²) in [6, 6.07) is 4.24. The highest BCUT2D eigenvalue weighted by Gasteiger charge is 2.32. The largest absolute Gasteiger partial charge is 0.379 e. The van der Waals surface area contributed by atoms with Crippen LogP contribution in [0, 0.1) is 22.0 Å². The number of amides is 1. The van der Waals surface area contributed by atoms with Crippen molar-refractivity contribution in [1.82, 2.24) is 0 Å². The first-order valence-electron chi connectivity index (χ1n) is 5.81. The lowest BCUT2D eigenvalue weighted by Gasteiger charge is -2.07. The van der Waals surface area contributed by atoms with E-state index < -0.39 is 10.8 Å². The number of nitrogens with zero attached hydrogens (tertiary/aromatic N) is 1. The number of nitro groups is 1. The standard InChI is InChI=1S/C12H15N3O3/c1-7-4-9(7)6-14-10-3-2-8(12(13)16)5-11(10)15(17)18/h2-3,5,7,9,14H,4,6H2,1H3,(H2,13,16). The molecule has 1 fully saturated rings. The van der Waals surface area contributed by atoms with Crippen LogP contribution in [0.3, 0.4) is 0 Å². The fourth-order valence-corrected chi connectivity index (χ4v) is 1.91. The van der Waals surface area contributed by atoms with E-state index in [0.717, 1.165) is 13.0 Å². The number of hydrogen-bond acceptors (Lipinski definition) is 4. The van der Waals surface area contributed by atoms with E-state index in [0.29, 0.717) is 17.5 Å². The van der Waals surface area contributed by atoms with Crippen LogP contribution < -0.4 is 11.1 Å². The Bertz CT molecular complexity index is 501. The van der Waals surface area contributed by atoms with E-state index in [1.165, 1.54) is 18.2 Å². The second-order valence-corrected chi connectivity index (χ2v) is 4.71. The molecule has 0 aromatic heterocycles. The molecular weight excluding hydrogens is 234 g/mol. The molecule has 1 aromatic carbocycles. The van der Waals surface area contributed by atoms with Gasteiger partial charge >= 0.3 is 0 Å². The molecule has 0 bridgehead atoms. The van der Waals surface area contributed by atoms with Crippen LogP contribution in [0.2, 0.25) is 0 Å². The lowest BCUT2D eigenvalue weighted by Crippen LogP contribution is -2.12. The van der Waals surface area contributed by atoms with E-state index in [1.54, 1.807) is 0 Å². The number of primary amides is 1. The molecule has 2 unspecified atom stereocenters. The zero-order valence-corrected chi connectivity index (χ0v) is 10.1. The van der Waals surface area contributed by atoms with Gasteiger partial charge in [0.05, 0.1) is 4.92 Å². The van der Waals surface area contributed by atoms with Crippen molar-refractivity contribution in [2.24, 2.45) is 17.6 Å². The van der Waals surface area contributed by atoms with Gasteiger partial charge in [-0.1, -0.05) is 6.92 Å². The fourth-order valence-electron chi connectivity index (χ4n) is 1.91. The highest BCUT2D eigenvalue weighted by atomic mass is 16.6. The van der Waals surface area contributed by atoms with Gasteiger partial charge in [-0.3, -0.25) is 14.9 Å². The molecule has 0 saturated heterocycles. The van der Waals surface area contributed by atoms with E-state index in [4.69, 9.17) is 5.73 Å². The molecule has 2 atom stereocenters. The average molecular weight is 249 g/mol. The van der Waals surface area contributed by atoms with Crippen molar-refractivity contribution in [1.29, 1.82) is 0 Å². The maximum Gasteiger partial charge on any atom is 0.293 e. The third-order valence-electron chi connectivity index (χ3n) is 3.31. The van der Waals surface area contributed by atoms with E-state index >= 15 is 0 Å². The van der Waals surface area contributed by atoms with Gasteiger partial charge in [0.15, 0.2) is 0 Å². The van der Waals surface area contributed by atoms with Crippen molar-refractivity contribution in [2.75, 3.05) is 11.9 Å². The number of carbonyl (C=O) groups is 1. The van der Waals surface area contributed by atoms with Crippen LogP contribution in [0.5, 0.6) is 0 Å². The van der Waals surface area contributed by atoms with Crippen LogP contribution >= 0.6 is 0 Å². The van der Waals surface area contributed by atoms with Crippen molar-refractivity contribution in [3.8, 4) is 0 Å². The van der Waals surface area contributed by atoms with Gasteiger partial charge in [-0.2, -0.15) is 0 Å². The molecule has 0 radical (unpaired) electrons. The number of rotatable bonds is 5. The predicted molar refractivity (Wildman–Crippen MR) is 67.4 cm³/mol. The molecule has 0 aliphatic heterocycles. The van der Waals surface area contributed by atoms with Crippen molar-refractivity contribution < 1.29 is 9.72 Å². The average Bonchev–Trinajstić information content (AvgIpc) is 3.02. The first-order valence-corrected chi connectivity index (χ1v) is 5.81. The monoisotopic (exact) mass is 249 g/mol. The summed E-state index contributed by atoms with van der Waals surface area (Å²) in [5.74, 6) is 0.599. The van der Waals surface area contributed by atoms with Crippen LogP contribution in [0.25, 0.3) is 0 Å². The molecule has 1 aliphatic carbocycles. The van der Waals surface area contributed by atoms with Crippen molar-refractivity contribution >= 4 is 17.3 Å². The smallest absolute Gasteiger partial charge is 0.293 e. The summed E-state index contributed by atoms with van der Waals surface area (Å²) in [5.41, 5.74) is 5.57. The number of benzene rings is 1. The van der Waals surface area contributed by atoms with Crippen LogP contribution in [0.4, 0.5) is 11.4 Å². The van der Waals surface area contributed by atoms with Gasteiger partial charge in [0.2, 0.25) is 5.91 Å². The summed E-state index contributed by atoms with van der Waals surface area (Å²) in [5, 5.41) is 14.0. The molecule has 6 nitrogen and oxygen atoms in total. The topological polar surface area (TPSA) is 98.3 Å².